The Bertz CT molecular complexity index is 1250. The minimum atomic E-state index is -1.03. The number of aliphatic hydroxyl groups excluding tert-OH is 1. The van der Waals surface area contributed by atoms with Crippen molar-refractivity contribution in [1.29, 1.82) is 10.7 Å². The van der Waals surface area contributed by atoms with Crippen LogP contribution in [0.15, 0.2) is 65.9 Å². The summed E-state index contributed by atoms with van der Waals surface area (Å²) in [5.74, 6) is -0.215. The maximum Gasteiger partial charge on any atom is 0.251 e. The molecule has 2 aromatic heterocycles. The zero-order chi connectivity index (χ0) is 22.6. The van der Waals surface area contributed by atoms with Crippen molar-refractivity contribution >= 4 is 11.5 Å². The molecule has 3 rings (SSSR count). The van der Waals surface area contributed by atoms with Gasteiger partial charge in [-0.2, -0.15) is 5.26 Å². The molecule has 0 fully saturated rings. The highest BCUT2D eigenvalue weighted by molar-refractivity contribution is 6.09. The molecular weight excluding hydrogens is 392 g/mol. The van der Waals surface area contributed by atoms with Crippen LogP contribution in [0.25, 0.3) is 17.0 Å². The van der Waals surface area contributed by atoms with E-state index in [1.165, 1.54) is 29.1 Å². The molecule has 0 aliphatic carbocycles. The Morgan fingerprint density at radius 2 is 1.97 bits per heavy atom. The van der Waals surface area contributed by atoms with Crippen LogP contribution in [0.1, 0.15) is 30.7 Å². The van der Waals surface area contributed by atoms with Gasteiger partial charge in [0.25, 0.3) is 5.56 Å². The van der Waals surface area contributed by atoms with Gasteiger partial charge in [-0.25, -0.2) is 4.98 Å². The molecule has 0 aliphatic heterocycles. The lowest BCUT2D eigenvalue weighted by Gasteiger charge is -2.19. The number of aliphatic hydroxyl groups is 1. The highest BCUT2D eigenvalue weighted by Crippen LogP contribution is 2.20. The quantitative estimate of drug-likeness (QED) is 0.418. The molecule has 0 saturated heterocycles. The number of hydrogen-bond acceptors (Lipinski definition) is 7. The zero-order valence-corrected chi connectivity index (χ0v) is 17.2. The van der Waals surface area contributed by atoms with E-state index in [0.717, 1.165) is 5.56 Å². The van der Waals surface area contributed by atoms with Crippen molar-refractivity contribution in [2.24, 2.45) is 5.73 Å². The van der Waals surface area contributed by atoms with E-state index < -0.39 is 5.54 Å². The van der Waals surface area contributed by atoms with Crippen LogP contribution >= 0.6 is 0 Å². The van der Waals surface area contributed by atoms with Crippen LogP contribution < -0.4 is 11.3 Å². The first kappa shape index (κ1) is 21.6. The van der Waals surface area contributed by atoms with Crippen molar-refractivity contribution < 1.29 is 5.11 Å². The standard InChI is InChI=1S/C23H22N6O2/c1-23(2,14-25)29-13-17(7-8-22(29)31)19-11-27-12-20(28-19)21(30)9-18(26)16-5-3-15(10-24)4-6-16/h3-9,11-13,26,30H,10,24H2,1-2H3/b21-9-,26-18?. The average molecular weight is 414 g/mol. The minimum absolute atomic E-state index is 0.109. The summed E-state index contributed by atoms with van der Waals surface area (Å²) in [7, 11) is 0. The number of nitrogens with two attached hydrogens (primary N) is 1. The van der Waals surface area contributed by atoms with Crippen LogP contribution in [-0.4, -0.2) is 25.4 Å². The van der Waals surface area contributed by atoms with Crippen molar-refractivity contribution in [2.75, 3.05) is 0 Å². The van der Waals surface area contributed by atoms with E-state index >= 15 is 0 Å². The molecule has 0 atom stereocenters. The Balaban J connectivity index is 1.93. The molecule has 31 heavy (non-hydrogen) atoms. The summed E-state index contributed by atoms with van der Waals surface area (Å²) in [5.41, 5.74) is 7.09. The lowest BCUT2D eigenvalue weighted by Crippen LogP contribution is -2.34. The molecule has 4 N–H and O–H groups in total. The fraction of sp³-hybridized carbons (Fsp3) is 0.174. The maximum atomic E-state index is 12.2. The van der Waals surface area contributed by atoms with Gasteiger partial charge in [-0.1, -0.05) is 24.3 Å². The number of nitrogens with zero attached hydrogens (tertiary/aromatic N) is 4. The summed E-state index contributed by atoms with van der Waals surface area (Å²) < 4.78 is 1.33. The molecule has 156 valence electrons. The number of pyridine rings is 1. The Kier molecular flexibility index (Phi) is 6.09. The largest absolute Gasteiger partial charge is 0.506 e. The molecule has 8 nitrogen and oxygen atoms in total. The molecule has 2 heterocycles. The SMILES string of the molecule is CC(C)(C#N)n1cc(-c2cncc(/C(O)=C/C(=N)c3ccc(CN)cc3)n2)ccc1=O. The molecule has 0 aliphatic rings. The molecule has 3 aromatic rings. The molecule has 0 unspecified atom stereocenters. The second-order valence-corrected chi connectivity index (χ2v) is 7.43. The van der Waals surface area contributed by atoms with Crippen LogP contribution in [0, 0.1) is 16.7 Å². The predicted octanol–water partition coefficient (Wildman–Crippen LogP) is 2.99. The van der Waals surface area contributed by atoms with E-state index in [1.54, 1.807) is 38.2 Å². The van der Waals surface area contributed by atoms with Gasteiger partial charge in [-0.3, -0.25) is 14.3 Å². The van der Waals surface area contributed by atoms with Crippen molar-refractivity contribution in [1.82, 2.24) is 14.5 Å². The Hall–Kier alpha value is -4.09. The van der Waals surface area contributed by atoms with Gasteiger partial charge in [0.1, 0.15) is 17.0 Å². The fourth-order valence-corrected chi connectivity index (χ4v) is 2.87. The van der Waals surface area contributed by atoms with Crippen LogP contribution in [0.5, 0.6) is 0 Å². The maximum absolute atomic E-state index is 12.2. The van der Waals surface area contributed by atoms with Gasteiger partial charge in [-0.15, -0.1) is 0 Å². The number of hydrogen-bond donors (Lipinski definition) is 3. The Morgan fingerprint density at radius 3 is 2.61 bits per heavy atom. The first-order chi connectivity index (χ1) is 14.7. The van der Waals surface area contributed by atoms with E-state index in [-0.39, 0.29) is 22.7 Å². The van der Waals surface area contributed by atoms with Gasteiger partial charge in [0.2, 0.25) is 0 Å². The molecule has 8 heteroatoms. The van der Waals surface area contributed by atoms with Gasteiger partial charge < -0.3 is 16.2 Å². The lowest BCUT2D eigenvalue weighted by molar-refractivity contribution is 0.453. The van der Waals surface area contributed by atoms with E-state index in [9.17, 15) is 15.2 Å². The minimum Gasteiger partial charge on any atom is -0.506 e. The second kappa shape index (κ2) is 8.73. The second-order valence-electron chi connectivity index (χ2n) is 7.43. The van der Waals surface area contributed by atoms with Crippen LogP contribution in [0.2, 0.25) is 0 Å². The van der Waals surface area contributed by atoms with Crippen molar-refractivity contribution in [3.63, 3.8) is 0 Å². The number of aromatic nitrogens is 3. The topological polar surface area (TPSA) is 142 Å². The summed E-state index contributed by atoms with van der Waals surface area (Å²) in [6.45, 7) is 3.69. The van der Waals surface area contributed by atoms with Crippen molar-refractivity contribution in [2.45, 2.75) is 25.9 Å². The van der Waals surface area contributed by atoms with Crippen molar-refractivity contribution in [3.05, 3.63) is 88.2 Å². The van der Waals surface area contributed by atoms with Gasteiger partial charge in [0, 0.05) is 30.4 Å². The summed E-state index contributed by atoms with van der Waals surface area (Å²) in [6.07, 6.45) is 5.72. The molecule has 0 radical (unpaired) electrons. The molecule has 0 spiro atoms. The molecule has 0 saturated carbocycles. The van der Waals surface area contributed by atoms with Crippen LogP contribution in [0.3, 0.4) is 0 Å². The fourth-order valence-electron chi connectivity index (χ4n) is 2.87. The number of nitrogens with one attached hydrogen (secondary N) is 1. The first-order valence-electron chi connectivity index (χ1n) is 9.51. The van der Waals surface area contributed by atoms with E-state index in [0.29, 0.717) is 23.4 Å². The summed E-state index contributed by atoms with van der Waals surface area (Å²) >= 11 is 0. The molecule has 0 bridgehead atoms. The highest BCUT2D eigenvalue weighted by Gasteiger charge is 2.21. The van der Waals surface area contributed by atoms with Crippen LogP contribution in [-0.2, 0) is 12.1 Å². The number of allylic oxidation sites excluding steroid dienone is 1. The third-order valence-corrected chi connectivity index (χ3v) is 4.76. The summed E-state index contributed by atoms with van der Waals surface area (Å²) in [6, 6.07) is 12.2. The van der Waals surface area contributed by atoms with E-state index in [4.69, 9.17) is 11.1 Å². The molecule has 0 amide bonds. The van der Waals surface area contributed by atoms with Gasteiger partial charge in [0.15, 0.2) is 0 Å². The number of nitriles is 1. The third-order valence-electron chi connectivity index (χ3n) is 4.76. The first-order valence-corrected chi connectivity index (χ1v) is 9.51. The lowest BCUT2D eigenvalue weighted by atomic mass is 10.1. The smallest absolute Gasteiger partial charge is 0.251 e. The predicted molar refractivity (Wildman–Crippen MR) is 118 cm³/mol. The van der Waals surface area contributed by atoms with E-state index in [1.807, 2.05) is 12.1 Å². The van der Waals surface area contributed by atoms with Gasteiger partial charge in [-0.05, 0) is 31.0 Å². The van der Waals surface area contributed by atoms with E-state index in [2.05, 4.69) is 16.0 Å². The highest BCUT2D eigenvalue weighted by atomic mass is 16.3. The van der Waals surface area contributed by atoms with Crippen LogP contribution in [0.4, 0.5) is 0 Å². The Morgan fingerprint density at radius 1 is 1.26 bits per heavy atom. The molecule has 1 aromatic carbocycles. The summed E-state index contributed by atoms with van der Waals surface area (Å²) in [5, 5.41) is 28.1. The average Bonchev–Trinajstić information content (AvgIpc) is 2.79. The molecular formula is C23H22N6O2. The monoisotopic (exact) mass is 414 g/mol. The van der Waals surface area contributed by atoms with Crippen molar-refractivity contribution in [3.8, 4) is 17.3 Å². The Labute approximate surface area is 179 Å². The van der Waals surface area contributed by atoms with Gasteiger partial charge >= 0.3 is 0 Å². The normalized spacial score (nSPS) is 11.7. The third kappa shape index (κ3) is 4.74. The number of rotatable bonds is 6. The van der Waals surface area contributed by atoms with Gasteiger partial charge in [0.05, 0.1) is 29.9 Å². The zero-order valence-electron chi connectivity index (χ0n) is 17.2. The number of benzene rings is 1. The summed E-state index contributed by atoms with van der Waals surface area (Å²) in [4.78, 5) is 20.7.